The predicted molar refractivity (Wildman–Crippen MR) is 165 cm³/mol. The first-order valence-electron chi connectivity index (χ1n) is 16.2. The van der Waals surface area contributed by atoms with Crippen LogP contribution in [0.15, 0.2) is 42.1 Å². The number of cyclic esters (lactones) is 1. The van der Waals surface area contributed by atoms with Gasteiger partial charge in [-0.25, -0.2) is 14.4 Å². The number of aliphatic hydroxyl groups excluding tert-OH is 3. The summed E-state index contributed by atoms with van der Waals surface area (Å²) in [6, 6.07) is 3.33. The van der Waals surface area contributed by atoms with E-state index in [4.69, 9.17) is 28.4 Å². The summed E-state index contributed by atoms with van der Waals surface area (Å²) < 4.78 is 35.3. The lowest BCUT2D eigenvalue weighted by Crippen LogP contribution is -2.61. The zero-order valence-electron chi connectivity index (χ0n) is 27.7. The Morgan fingerprint density at radius 3 is 2.57 bits per heavy atom. The lowest BCUT2D eigenvalue weighted by Gasteiger charge is -2.53. The minimum absolute atomic E-state index is 0.173. The number of hydrogen-bond donors (Lipinski definition) is 4. The average molecular weight is 662 g/mol. The van der Waals surface area contributed by atoms with Crippen molar-refractivity contribution in [3.8, 4) is 0 Å². The van der Waals surface area contributed by atoms with E-state index in [1.54, 1.807) is 25.3 Å². The first kappa shape index (κ1) is 35.1. The van der Waals surface area contributed by atoms with E-state index in [2.05, 4.69) is 4.98 Å². The van der Waals surface area contributed by atoms with Gasteiger partial charge < -0.3 is 48.7 Å². The van der Waals surface area contributed by atoms with Gasteiger partial charge in [-0.15, -0.1) is 0 Å². The van der Waals surface area contributed by atoms with Gasteiger partial charge in [0.05, 0.1) is 19.3 Å². The van der Waals surface area contributed by atoms with Crippen LogP contribution in [0, 0.1) is 35.0 Å². The third kappa shape index (κ3) is 6.12. The third-order valence-electron chi connectivity index (χ3n) is 10.7. The smallest absolute Gasteiger partial charge is 0.456 e. The molecule has 4 bridgehead atoms. The molecule has 0 unspecified atom stereocenters. The lowest BCUT2D eigenvalue weighted by molar-refractivity contribution is -0.173. The summed E-state index contributed by atoms with van der Waals surface area (Å²) in [5.74, 6) is -3.67. The molecular formula is C34H47NO12. The molecule has 1 saturated carbocycles. The van der Waals surface area contributed by atoms with Gasteiger partial charge in [0.25, 0.3) is 0 Å². The topological polar surface area (TPSA) is 183 Å². The van der Waals surface area contributed by atoms with Crippen LogP contribution < -0.4 is 0 Å². The molecule has 12 atom stereocenters. The number of carbonyl (C=O) groups excluding carboxylic acids is 3. The van der Waals surface area contributed by atoms with Gasteiger partial charge in [-0.2, -0.15) is 0 Å². The van der Waals surface area contributed by atoms with Gasteiger partial charge in [0.1, 0.15) is 42.3 Å². The normalized spacial score (nSPS) is 39.7. The Hall–Kier alpha value is -3.23. The van der Waals surface area contributed by atoms with Crippen LogP contribution >= 0.6 is 0 Å². The largest absolute Gasteiger partial charge is 0.508 e. The average Bonchev–Trinajstić information content (AvgIpc) is 3.62. The van der Waals surface area contributed by atoms with E-state index >= 15 is 0 Å². The number of H-pyrrole nitrogens is 1. The SMILES string of the molecule is CO[C@H]1C[C@H]2C=C[C@]3(C)[C@H]4[C@H](O)[C@@H](C)[C@@H](OC(=O)c5ccc[nH]5)[C@@H]3O[C@@]24/C(C)=C/[C@@H](C)[C@@H]([C@@H](C)OC(=O)OCC(CO)CO)OC1=O. The van der Waals surface area contributed by atoms with E-state index in [0.717, 1.165) is 5.57 Å². The van der Waals surface area contributed by atoms with Crippen LogP contribution in [0.4, 0.5) is 4.79 Å². The summed E-state index contributed by atoms with van der Waals surface area (Å²) in [6.45, 7) is 8.20. The Morgan fingerprint density at radius 1 is 1.21 bits per heavy atom. The van der Waals surface area contributed by atoms with Crippen LogP contribution in [-0.4, -0.2) is 108 Å². The quantitative estimate of drug-likeness (QED) is 0.173. The molecule has 0 aromatic carbocycles. The fraction of sp³-hybridized carbons (Fsp3) is 0.676. The molecule has 1 spiro atoms. The number of hydrogen-bond acceptors (Lipinski definition) is 12. The summed E-state index contributed by atoms with van der Waals surface area (Å²) in [4.78, 5) is 42.1. The summed E-state index contributed by atoms with van der Waals surface area (Å²) in [7, 11) is 1.42. The number of ether oxygens (including phenoxy) is 6. The van der Waals surface area contributed by atoms with Crippen molar-refractivity contribution in [3.05, 3.63) is 47.8 Å². The van der Waals surface area contributed by atoms with Crippen molar-refractivity contribution in [2.24, 2.45) is 35.0 Å². The van der Waals surface area contributed by atoms with Crippen LogP contribution in [0.2, 0.25) is 0 Å². The molecule has 4 N–H and O–H groups in total. The van der Waals surface area contributed by atoms with Gasteiger partial charge in [-0.05, 0) is 38.0 Å². The summed E-state index contributed by atoms with van der Waals surface area (Å²) in [5.41, 5.74) is -0.712. The molecule has 260 valence electrons. The lowest BCUT2D eigenvalue weighted by atomic mass is 9.51. The van der Waals surface area contributed by atoms with E-state index in [-0.39, 0.29) is 26.2 Å². The fourth-order valence-corrected chi connectivity index (χ4v) is 8.13. The van der Waals surface area contributed by atoms with Crippen molar-refractivity contribution in [2.45, 2.75) is 83.3 Å². The molecule has 1 aromatic heterocycles. The molecule has 1 aromatic rings. The van der Waals surface area contributed by atoms with Crippen LogP contribution in [0.3, 0.4) is 0 Å². The zero-order valence-corrected chi connectivity index (χ0v) is 27.7. The Kier molecular flexibility index (Phi) is 10.2. The van der Waals surface area contributed by atoms with E-state index in [0.29, 0.717) is 5.69 Å². The first-order chi connectivity index (χ1) is 22.3. The molecule has 0 radical (unpaired) electrons. The monoisotopic (exact) mass is 661 g/mol. The molecular weight excluding hydrogens is 614 g/mol. The molecule has 2 fully saturated rings. The second kappa shape index (κ2) is 13.7. The molecule has 5 rings (SSSR count). The molecule has 0 amide bonds. The van der Waals surface area contributed by atoms with Crippen molar-refractivity contribution < 1.29 is 58.1 Å². The molecule has 13 heteroatoms. The van der Waals surface area contributed by atoms with Crippen LogP contribution in [-0.2, 0) is 33.2 Å². The van der Waals surface area contributed by atoms with E-state index in [1.807, 2.05) is 45.9 Å². The molecule has 1 saturated heterocycles. The van der Waals surface area contributed by atoms with Crippen molar-refractivity contribution in [1.29, 1.82) is 0 Å². The summed E-state index contributed by atoms with van der Waals surface area (Å²) >= 11 is 0. The number of carbonyl (C=O) groups is 3. The number of aromatic amines is 1. The minimum Gasteiger partial charge on any atom is -0.456 e. The number of nitrogens with one attached hydrogen (secondary N) is 1. The number of esters is 2. The predicted octanol–water partition coefficient (Wildman–Crippen LogP) is 2.55. The molecule has 13 nitrogen and oxygen atoms in total. The molecule has 4 aliphatic rings. The highest BCUT2D eigenvalue weighted by Crippen LogP contribution is 2.66. The van der Waals surface area contributed by atoms with E-state index in [1.165, 1.54) is 7.11 Å². The molecule has 47 heavy (non-hydrogen) atoms. The van der Waals surface area contributed by atoms with Gasteiger partial charge in [-0.1, -0.05) is 39.0 Å². The van der Waals surface area contributed by atoms with E-state index < -0.39 is 95.3 Å². The third-order valence-corrected chi connectivity index (χ3v) is 10.7. The highest BCUT2D eigenvalue weighted by Gasteiger charge is 2.73. The number of methoxy groups -OCH3 is 1. The Balaban J connectivity index is 1.49. The van der Waals surface area contributed by atoms with Gasteiger partial charge >= 0.3 is 18.1 Å². The molecule has 3 heterocycles. The van der Waals surface area contributed by atoms with Crippen molar-refractivity contribution in [1.82, 2.24) is 4.98 Å². The van der Waals surface area contributed by atoms with Crippen molar-refractivity contribution in [2.75, 3.05) is 26.9 Å². The second-order valence-electron chi connectivity index (χ2n) is 13.6. The number of aromatic nitrogens is 1. The van der Waals surface area contributed by atoms with Gasteiger partial charge in [0, 0.05) is 48.3 Å². The highest BCUT2D eigenvalue weighted by atomic mass is 16.7. The van der Waals surface area contributed by atoms with Gasteiger partial charge in [-0.3, -0.25) is 0 Å². The zero-order chi connectivity index (χ0) is 34.3. The Morgan fingerprint density at radius 2 is 1.94 bits per heavy atom. The van der Waals surface area contributed by atoms with Crippen LogP contribution in [0.25, 0.3) is 0 Å². The molecule has 2 aliphatic heterocycles. The Bertz CT molecular complexity index is 1360. The minimum atomic E-state index is -1.09. The number of aliphatic hydroxyl groups is 3. The van der Waals surface area contributed by atoms with Crippen LogP contribution in [0.1, 0.15) is 51.5 Å². The second-order valence-corrected chi connectivity index (χ2v) is 13.6. The van der Waals surface area contributed by atoms with Gasteiger partial charge in [0.2, 0.25) is 0 Å². The van der Waals surface area contributed by atoms with Crippen molar-refractivity contribution in [3.63, 3.8) is 0 Å². The maximum atomic E-state index is 13.6. The standard InChI is InChI=1S/C34H47NO12/c1-17-12-18(2)34-22(13-24(42-6)31(40)45-26(17)20(4)44-32(41)43-16-21(14-36)15-37)9-10-33(5)28(34)25(38)19(3)27(29(33)47-34)46-30(39)23-8-7-11-35-23/h7-12,17,19-22,24-29,35-38H,13-16H2,1-6H3/b18-12+/t17-,19-,20-,22-,24+,25-,26+,27-,28-,29+,33-,34+/m1/s1. The van der Waals surface area contributed by atoms with Crippen molar-refractivity contribution >= 4 is 18.1 Å². The summed E-state index contributed by atoms with van der Waals surface area (Å²) in [5, 5.41) is 30.6. The maximum absolute atomic E-state index is 13.6. The number of rotatable bonds is 9. The fourth-order valence-electron chi connectivity index (χ4n) is 8.13. The highest BCUT2D eigenvalue weighted by molar-refractivity contribution is 5.87. The first-order valence-corrected chi connectivity index (χ1v) is 16.2. The summed E-state index contributed by atoms with van der Waals surface area (Å²) in [6.07, 6.45) is 1.50. The van der Waals surface area contributed by atoms with Gasteiger partial charge in [0.15, 0.2) is 6.10 Å². The molecule has 2 aliphatic carbocycles. The van der Waals surface area contributed by atoms with E-state index in [9.17, 15) is 29.7 Å². The van der Waals surface area contributed by atoms with Crippen LogP contribution in [0.5, 0.6) is 0 Å². The maximum Gasteiger partial charge on any atom is 0.508 e. The Labute approximate surface area is 274 Å².